The second-order valence-electron chi connectivity index (χ2n) is 7.95. The number of aromatic nitrogens is 1. The van der Waals surface area contributed by atoms with E-state index in [4.69, 9.17) is 23.2 Å². The lowest BCUT2D eigenvalue weighted by atomic mass is 10.1. The molecule has 0 saturated carbocycles. The number of anilines is 2. The average molecular weight is 535 g/mol. The van der Waals surface area contributed by atoms with Gasteiger partial charge in [-0.2, -0.15) is 4.99 Å². The number of amides is 1. The zero-order chi connectivity index (χ0) is 22.9. The van der Waals surface area contributed by atoms with Crippen LogP contribution in [-0.2, 0) is 4.79 Å². The van der Waals surface area contributed by atoms with E-state index >= 15 is 0 Å². The average Bonchev–Trinajstić information content (AvgIpc) is 3.15. The Labute approximate surface area is 218 Å². The first-order chi connectivity index (χ1) is 16.0. The van der Waals surface area contributed by atoms with E-state index in [9.17, 15) is 4.79 Å². The number of amidine groups is 1. The minimum Gasteiger partial charge on any atom is -0.368 e. The number of carbonyl (C=O) groups excluding carboxylic acids is 1. The monoisotopic (exact) mass is 533 g/mol. The fraction of sp³-hybridized carbons (Fsp3) is 0.208. The van der Waals surface area contributed by atoms with E-state index in [1.165, 1.54) is 17.4 Å². The van der Waals surface area contributed by atoms with E-state index < -0.39 is 0 Å². The lowest BCUT2D eigenvalue weighted by Crippen LogP contribution is -2.44. The van der Waals surface area contributed by atoms with E-state index in [0.29, 0.717) is 25.8 Å². The highest BCUT2D eigenvalue weighted by molar-refractivity contribution is 8.18. The minimum atomic E-state index is -0.295. The maximum atomic E-state index is 12.5. The highest BCUT2D eigenvalue weighted by Crippen LogP contribution is 2.35. The Bertz CT molecular complexity index is 1280. The normalized spacial score (nSPS) is 17.7. The van der Waals surface area contributed by atoms with Gasteiger partial charge in [0.25, 0.3) is 5.91 Å². The summed E-state index contributed by atoms with van der Waals surface area (Å²) < 4.78 is 0. The van der Waals surface area contributed by atoms with Crippen molar-refractivity contribution in [2.75, 3.05) is 43.4 Å². The van der Waals surface area contributed by atoms with E-state index in [1.54, 1.807) is 18.2 Å². The first-order valence-electron chi connectivity index (χ1n) is 10.5. The molecule has 2 aliphatic rings. The second-order valence-corrected chi connectivity index (χ2v) is 9.80. The van der Waals surface area contributed by atoms with Gasteiger partial charge in [0.1, 0.15) is 0 Å². The van der Waals surface area contributed by atoms with Gasteiger partial charge < -0.3 is 15.1 Å². The number of likely N-dealkylation sites (N-methyl/N-ethyl adjacent to an activating group) is 1. The van der Waals surface area contributed by atoms with Crippen molar-refractivity contribution in [2.45, 2.75) is 0 Å². The number of nitrogens with one attached hydrogen (secondary N) is 1. The van der Waals surface area contributed by atoms with Crippen LogP contribution in [0, 0.1) is 0 Å². The van der Waals surface area contributed by atoms with Crippen LogP contribution in [0.2, 0.25) is 10.0 Å². The number of benzene rings is 2. The molecule has 1 amide bonds. The Morgan fingerprint density at radius 3 is 2.53 bits per heavy atom. The molecule has 3 aromatic rings. The van der Waals surface area contributed by atoms with Crippen molar-refractivity contribution in [2.24, 2.45) is 4.99 Å². The molecule has 1 saturated heterocycles. The van der Waals surface area contributed by atoms with Crippen molar-refractivity contribution in [3.8, 4) is 0 Å². The van der Waals surface area contributed by atoms with Crippen LogP contribution in [0.25, 0.3) is 17.0 Å². The number of piperazine rings is 1. The quantitative estimate of drug-likeness (QED) is 0.429. The molecule has 0 bridgehead atoms. The summed E-state index contributed by atoms with van der Waals surface area (Å²) >= 11 is 13.7. The van der Waals surface area contributed by atoms with Crippen LogP contribution < -0.4 is 10.2 Å². The summed E-state index contributed by atoms with van der Waals surface area (Å²) in [6.07, 6.45) is 3.72. The molecule has 1 fully saturated rings. The van der Waals surface area contributed by atoms with E-state index in [0.717, 1.165) is 42.6 Å². The molecule has 3 heterocycles. The number of hydrogen-bond acceptors (Lipinski definition) is 6. The van der Waals surface area contributed by atoms with Gasteiger partial charge in [-0.25, -0.2) is 0 Å². The van der Waals surface area contributed by atoms with Crippen molar-refractivity contribution < 1.29 is 4.79 Å². The van der Waals surface area contributed by atoms with Gasteiger partial charge in [0, 0.05) is 43.4 Å². The van der Waals surface area contributed by atoms with Crippen molar-refractivity contribution >= 4 is 86.8 Å². The number of nitrogens with zero attached hydrogens (tertiary/aromatic N) is 4. The van der Waals surface area contributed by atoms with Crippen LogP contribution in [0.1, 0.15) is 5.56 Å². The summed E-state index contributed by atoms with van der Waals surface area (Å²) in [5.41, 5.74) is 3.57. The lowest BCUT2D eigenvalue weighted by molar-refractivity contribution is -0.113. The smallest absolute Gasteiger partial charge is 0.286 e. The number of pyridine rings is 1. The first kappa shape index (κ1) is 24.8. The van der Waals surface area contributed by atoms with Gasteiger partial charge in [-0.15, -0.1) is 12.4 Å². The predicted molar refractivity (Wildman–Crippen MR) is 147 cm³/mol. The molecule has 0 aliphatic carbocycles. The number of hydrogen-bond donors (Lipinski definition) is 1. The van der Waals surface area contributed by atoms with Crippen LogP contribution >= 0.6 is 47.4 Å². The lowest BCUT2D eigenvalue weighted by Gasteiger charge is -2.34. The van der Waals surface area contributed by atoms with Gasteiger partial charge in [-0.1, -0.05) is 35.3 Å². The summed E-state index contributed by atoms with van der Waals surface area (Å²) in [5, 5.41) is 5.53. The topological polar surface area (TPSA) is 60.8 Å². The molecular weight excluding hydrogens is 513 g/mol. The van der Waals surface area contributed by atoms with Crippen LogP contribution in [0.5, 0.6) is 0 Å². The molecule has 0 radical (unpaired) electrons. The molecule has 10 heteroatoms. The third-order valence-electron chi connectivity index (χ3n) is 5.70. The second kappa shape index (κ2) is 10.5. The van der Waals surface area contributed by atoms with Crippen LogP contribution in [0.3, 0.4) is 0 Å². The van der Waals surface area contributed by atoms with E-state index in [-0.39, 0.29) is 18.3 Å². The number of para-hydroxylation sites is 1. The van der Waals surface area contributed by atoms with Crippen molar-refractivity contribution in [1.82, 2.24) is 9.88 Å². The Morgan fingerprint density at radius 1 is 1.06 bits per heavy atom. The minimum absolute atomic E-state index is 0. The molecule has 0 atom stereocenters. The Kier molecular flexibility index (Phi) is 7.70. The van der Waals surface area contributed by atoms with Gasteiger partial charge >= 0.3 is 0 Å². The largest absolute Gasteiger partial charge is 0.368 e. The predicted octanol–water partition coefficient (Wildman–Crippen LogP) is 5.80. The van der Waals surface area contributed by atoms with Crippen LogP contribution in [-0.4, -0.2) is 54.2 Å². The van der Waals surface area contributed by atoms with Gasteiger partial charge in [0.15, 0.2) is 5.17 Å². The summed E-state index contributed by atoms with van der Waals surface area (Å²) in [6, 6.07) is 13.4. The van der Waals surface area contributed by atoms with Crippen molar-refractivity contribution in [3.63, 3.8) is 0 Å². The molecule has 1 N–H and O–H groups in total. The van der Waals surface area contributed by atoms with Gasteiger partial charge in [0.05, 0.1) is 26.2 Å². The number of carbonyl (C=O) groups is 1. The van der Waals surface area contributed by atoms with Gasteiger partial charge in [-0.05, 0) is 60.8 Å². The van der Waals surface area contributed by atoms with Crippen molar-refractivity contribution in [1.29, 1.82) is 0 Å². The van der Waals surface area contributed by atoms with E-state index in [2.05, 4.69) is 44.3 Å². The Balaban J connectivity index is 0.00000274. The maximum Gasteiger partial charge on any atom is 0.286 e. The Morgan fingerprint density at radius 2 is 1.79 bits per heavy atom. The number of halogens is 3. The molecule has 176 valence electrons. The standard InChI is InChI=1S/C24H21Cl2N5OS.ClH/c1-30-9-11-31(12-10-30)20-7-8-27-19-6-5-15(13-16(19)20)14-21-23(32)29-24(33-21)28-22-17(25)3-2-4-18(22)26;/h2-8,13-14H,9-12H2,1H3,(H,28,29,32);1H. The first-order valence-corrected chi connectivity index (χ1v) is 12.1. The van der Waals surface area contributed by atoms with E-state index in [1.807, 2.05) is 24.4 Å². The molecule has 6 nitrogen and oxygen atoms in total. The summed E-state index contributed by atoms with van der Waals surface area (Å²) in [6.45, 7) is 4.01. The molecular formula is C24H22Cl3N5OS. The number of rotatable bonds is 3. The number of fused-ring (bicyclic) bond motifs is 1. The third-order valence-corrected chi connectivity index (χ3v) is 7.23. The van der Waals surface area contributed by atoms with Crippen molar-refractivity contribution in [3.05, 3.63) is 69.2 Å². The molecule has 2 aliphatic heterocycles. The summed E-state index contributed by atoms with van der Waals surface area (Å²) in [7, 11) is 2.15. The summed E-state index contributed by atoms with van der Waals surface area (Å²) in [5.74, 6) is -0.295. The molecule has 5 rings (SSSR count). The van der Waals surface area contributed by atoms with Gasteiger partial charge in [0.2, 0.25) is 0 Å². The SMILES string of the molecule is CN1CCN(c2ccnc3ccc(C=C4SC(Nc5c(Cl)cccc5Cl)=NC4=O)cc23)CC1.Cl. The fourth-order valence-electron chi connectivity index (χ4n) is 3.90. The molecule has 1 aromatic heterocycles. The zero-order valence-electron chi connectivity index (χ0n) is 18.3. The molecule has 2 aromatic carbocycles. The fourth-order valence-corrected chi connectivity index (χ4v) is 5.21. The highest BCUT2D eigenvalue weighted by atomic mass is 35.5. The zero-order valence-corrected chi connectivity index (χ0v) is 21.4. The van der Waals surface area contributed by atoms with Gasteiger partial charge in [-0.3, -0.25) is 9.78 Å². The molecule has 0 unspecified atom stereocenters. The number of aliphatic imine (C=N–C) groups is 1. The number of thioether (sulfide) groups is 1. The summed E-state index contributed by atoms with van der Waals surface area (Å²) in [4.78, 5) is 26.5. The highest BCUT2D eigenvalue weighted by Gasteiger charge is 2.23. The van der Waals surface area contributed by atoms with Crippen LogP contribution in [0.15, 0.2) is 58.6 Å². The third kappa shape index (κ3) is 5.19. The molecule has 34 heavy (non-hydrogen) atoms. The molecule has 0 spiro atoms. The Hall–Kier alpha value is -2.29. The van der Waals surface area contributed by atoms with Crippen LogP contribution in [0.4, 0.5) is 11.4 Å². The maximum absolute atomic E-state index is 12.5.